The van der Waals surface area contributed by atoms with Crippen molar-refractivity contribution in [2.24, 2.45) is 11.5 Å². The highest BCUT2D eigenvalue weighted by Gasteiger charge is 2.23. The van der Waals surface area contributed by atoms with Gasteiger partial charge in [-0.15, -0.1) is 0 Å². The van der Waals surface area contributed by atoms with Gasteiger partial charge in [0.2, 0.25) is 5.91 Å². The Balaban J connectivity index is 2.09. The SMILES string of the molecule is CN(C)CCc1c(-c2ccccc2)nc2c([nH]c3cc(C(N)=O)ccc32)c1C(N)=O. The number of fused-ring (bicyclic) bond motifs is 3. The lowest BCUT2D eigenvalue weighted by Gasteiger charge is -2.16. The highest BCUT2D eigenvalue weighted by Crippen LogP contribution is 2.34. The zero-order valence-corrected chi connectivity index (χ0v) is 16.9. The molecule has 2 heterocycles. The molecule has 0 radical (unpaired) electrons. The van der Waals surface area contributed by atoms with E-state index in [9.17, 15) is 9.59 Å². The molecule has 0 saturated heterocycles. The first-order valence-electron chi connectivity index (χ1n) is 9.65. The molecule has 152 valence electrons. The zero-order chi connectivity index (χ0) is 21.4. The van der Waals surface area contributed by atoms with Gasteiger partial charge in [-0.05, 0) is 44.3 Å². The van der Waals surface area contributed by atoms with Crippen molar-refractivity contribution in [1.29, 1.82) is 0 Å². The van der Waals surface area contributed by atoms with Crippen LogP contribution < -0.4 is 11.5 Å². The first kappa shape index (κ1) is 19.6. The van der Waals surface area contributed by atoms with E-state index in [0.717, 1.165) is 28.8 Å². The fourth-order valence-corrected chi connectivity index (χ4v) is 3.77. The van der Waals surface area contributed by atoms with Crippen molar-refractivity contribution < 1.29 is 9.59 Å². The lowest BCUT2D eigenvalue weighted by Crippen LogP contribution is -2.20. The number of carbonyl (C=O) groups excluding carboxylic acids is 2. The van der Waals surface area contributed by atoms with Gasteiger partial charge in [0, 0.05) is 28.6 Å². The number of rotatable bonds is 6. The summed E-state index contributed by atoms with van der Waals surface area (Å²) >= 11 is 0. The van der Waals surface area contributed by atoms with Gasteiger partial charge in [-0.25, -0.2) is 4.98 Å². The number of likely N-dealkylation sites (N-methyl/N-ethyl adjacent to an activating group) is 1. The third-order valence-corrected chi connectivity index (χ3v) is 5.22. The topological polar surface area (TPSA) is 118 Å². The van der Waals surface area contributed by atoms with Gasteiger partial charge in [-0.1, -0.05) is 30.3 Å². The molecule has 30 heavy (non-hydrogen) atoms. The fourth-order valence-electron chi connectivity index (χ4n) is 3.77. The van der Waals surface area contributed by atoms with Crippen molar-refractivity contribution in [1.82, 2.24) is 14.9 Å². The predicted molar refractivity (Wildman–Crippen MR) is 118 cm³/mol. The van der Waals surface area contributed by atoms with E-state index in [-0.39, 0.29) is 0 Å². The van der Waals surface area contributed by atoms with Crippen LogP contribution in [0.5, 0.6) is 0 Å². The van der Waals surface area contributed by atoms with Gasteiger partial charge in [0.15, 0.2) is 0 Å². The van der Waals surface area contributed by atoms with E-state index in [2.05, 4.69) is 4.98 Å². The van der Waals surface area contributed by atoms with Gasteiger partial charge in [0.1, 0.15) is 0 Å². The van der Waals surface area contributed by atoms with Crippen molar-refractivity contribution in [2.75, 3.05) is 20.6 Å². The Hall–Kier alpha value is -3.71. The number of primary amides is 2. The molecule has 0 unspecified atom stereocenters. The first-order valence-corrected chi connectivity index (χ1v) is 9.65. The van der Waals surface area contributed by atoms with E-state index in [4.69, 9.17) is 16.5 Å². The molecule has 0 spiro atoms. The Morgan fingerprint density at radius 2 is 1.77 bits per heavy atom. The third-order valence-electron chi connectivity index (χ3n) is 5.22. The van der Waals surface area contributed by atoms with Crippen LogP contribution in [0.2, 0.25) is 0 Å². The normalized spacial score (nSPS) is 11.4. The molecule has 0 bridgehead atoms. The quantitative estimate of drug-likeness (QED) is 0.460. The van der Waals surface area contributed by atoms with Gasteiger partial charge in [-0.3, -0.25) is 9.59 Å². The minimum Gasteiger partial charge on any atom is -0.366 e. The largest absolute Gasteiger partial charge is 0.366 e. The summed E-state index contributed by atoms with van der Waals surface area (Å²) < 4.78 is 0. The summed E-state index contributed by atoms with van der Waals surface area (Å²) in [5.41, 5.74) is 16.4. The van der Waals surface area contributed by atoms with Crippen LogP contribution in [0.3, 0.4) is 0 Å². The van der Waals surface area contributed by atoms with Crippen LogP contribution in [-0.4, -0.2) is 47.3 Å². The Morgan fingerprint density at radius 3 is 2.40 bits per heavy atom. The Morgan fingerprint density at radius 1 is 1.03 bits per heavy atom. The second kappa shape index (κ2) is 7.61. The number of carbonyl (C=O) groups is 2. The number of aromatic nitrogens is 2. The molecule has 5 N–H and O–H groups in total. The van der Waals surface area contributed by atoms with Gasteiger partial charge < -0.3 is 21.4 Å². The number of amides is 2. The Labute approximate surface area is 173 Å². The van der Waals surface area contributed by atoms with Crippen molar-refractivity contribution in [3.05, 3.63) is 65.2 Å². The van der Waals surface area contributed by atoms with Crippen LogP contribution in [0.25, 0.3) is 33.2 Å². The molecule has 7 heteroatoms. The number of pyridine rings is 1. The molecule has 0 atom stereocenters. The Bertz CT molecular complexity index is 1280. The number of hydrogen-bond donors (Lipinski definition) is 3. The first-order chi connectivity index (χ1) is 14.4. The maximum Gasteiger partial charge on any atom is 0.251 e. The number of H-pyrrole nitrogens is 1. The van der Waals surface area contributed by atoms with E-state index in [0.29, 0.717) is 34.1 Å². The molecule has 0 aliphatic heterocycles. The van der Waals surface area contributed by atoms with Gasteiger partial charge in [0.05, 0.1) is 22.3 Å². The van der Waals surface area contributed by atoms with Gasteiger partial charge in [-0.2, -0.15) is 0 Å². The maximum absolute atomic E-state index is 12.6. The standard InChI is InChI=1S/C23H23N5O2/c1-28(2)11-10-16-18(23(25)30)21-20(27-19(16)13-6-4-3-5-7-13)15-9-8-14(22(24)29)12-17(15)26-21/h3-9,12,26H,10-11H2,1-2H3,(H2,24,29)(H2,25,30). The minimum absolute atomic E-state index is 0.380. The van der Waals surface area contributed by atoms with Crippen LogP contribution in [0.4, 0.5) is 0 Å². The molecule has 2 amide bonds. The summed E-state index contributed by atoms with van der Waals surface area (Å²) in [4.78, 5) is 34.4. The molecule has 0 aliphatic rings. The Kier molecular flexibility index (Phi) is 4.97. The molecule has 0 fully saturated rings. The van der Waals surface area contributed by atoms with E-state index in [1.165, 1.54) is 0 Å². The monoisotopic (exact) mass is 401 g/mol. The van der Waals surface area contributed by atoms with E-state index in [1.54, 1.807) is 18.2 Å². The maximum atomic E-state index is 12.6. The van der Waals surface area contributed by atoms with Gasteiger partial charge >= 0.3 is 0 Å². The number of aromatic amines is 1. The summed E-state index contributed by atoms with van der Waals surface area (Å²) in [6.07, 6.45) is 0.611. The summed E-state index contributed by atoms with van der Waals surface area (Å²) in [7, 11) is 3.96. The highest BCUT2D eigenvalue weighted by molar-refractivity contribution is 6.15. The molecular formula is C23H23N5O2. The lowest BCUT2D eigenvalue weighted by atomic mass is 9.96. The van der Waals surface area contributed by atoms with Crippen LogP contribution in [0.1, 0.15) is 26.3 Å². The van der Waals surface area contributed by atoms with Crippen LogP contribution >= 0.6 is 0 Å². The molecule has 4 aromatic rings. The highest BCUT2D eigenvalue weighted by atomic mass is 16.1. The minimum atomic E-state index is -0.519. The van der Waals surface area contributed by atoms with Crippen LogP contribution in [0, 0.1) is 0 Å². The molecule has 0 saturated carbocycles. The van der Waals surface area contributed by atoms with E-state index >= 15 is 0 Å². The molecule has 2 aromatic heterocycles. The van der Waals surface area contributed by atoms with Crippen molar-refractivity contribution in [3.63, 3.8) is 0 Å². The second-order valence-electron chi connectivity index (χ2n) is 7.57. The lowest BCUT2D eigenvalue weighted by molar-refractivity contribution is 0.0992. The van der Waals surface area contributed by atoms with Crippen molar-refractivity contribution in [2.45, 2.75) is 6.42 Å². The van der Waals surface area contributed by atoms with Gasteiger partial charge in [0.25, 0.3) is 5.91 Å². The second-order valence-corrected chi connectivity index (χ2v) is 7.57. The summed E-state index contributed by atoms with van der Waals surface area (Å²) in [6.45, 7) is 0.735. The number of hydrogen-bond acceptors (Lipinski definition) is 4. The van der Waals surface area contributed by atoms with Crippen molar-refractivity contribution in [3.8, 4) is 11.3 Å². The van der Waals surface area contributed by atoms with Crippen molar-refractivity contribution >= 4 is 33.8 Å². The van der Waals surface area contributed by atoms with Crippen LogP contribution in [-0.2, 0) is 6.42 Å². The smallest absolute Gasteiger partial charge is 0.251 e. The van der Waals surface area contributed by atoms with E-state index < -0.39 is 11.8 Å². The summed E-state index contributed by atoms with van der Waals surface area (Å²) in [5, 5.41) is 0.800. The predicted octanol–water partition coefficient (Wildman–Crippen LogP) is 2.69. The average molecular weight is 401 g/mol. The number of nitrogens with zero attached hydrogens (tertiary/aromatic N) is 2. The summed E-state index contributed by atoms with van der Waals surface area (Å²) in [5.74, 6) is -1.04. The molecule has 2 aromatic carbocycles. The fraction of sp³-hybridized carbons (Fsp3) is 0.174. The zero-order valence-electron chi connectivity index (χ0n) is 16.9. The average Bonchev–Trinajstić information content (AvgIpc) is 3.08. The number of benzene rings is 2. The summed E-state index contributed by atoms with van der Waals surface area (Å²) in [6, 6.07) is 14.9. The molecule has 0 aliphatic carbocycles. The number of nitrogens with two attached hydrogens (primary N) is 2. The van der Waals surface area contributed by atoms with Crippen LogP contribution in [0.15, 0.2) is 48.5 Å². The molecule has 4 rings (SSSR count). The number of nitrogens with one attached hydrogen (secondary N) is 1. The molecular weight excluding hydrogens is 378 g/mol. The van der Waals surface area contributed by atoms with E-state index in [1.807, 2.05) is 49.3 Å². The molecule has 7 nitrogen and oxygen atoms in total. The third kappa shape index (κ3) is 3.40.